The van der Waals surface area contributed by atoms with Crippen LogP contribution in [0.3, 0.4) is 0 Å². The van der Waals surface area contributed by atoms with Gasteiger partial charge in [0, 0.05) is 12.6 Å². The molecular weight excluding hydrogens is 268 g/mol. The lowest BCUT2D eigenvalue weighted by molar-refractivity contribution is 0.0788. The van der Waals surface area contributed by atoms with Crippen LogP contribution in [0.25, 0.3) is 5.52 Å². The molecule has 21 heavy (non-hydrogen) atoms. The Morgan fingerprint density at radius 3 is 3.14 bits per heavy atom. The molecule has 5 nitrogen and oxygen atoms in total. The first kappa shape index (κ1) is 12.1. The summed E-state index contributed by atoms with van der Waals surface area (Å²) in [7, 11) is 0. The predicted molar refractivity (Wildman–Crippen MR) is 74.4 cm³/mol. The number of pyridine rings is 1. The molecule has 0 spiro atoms. The molecule has 0 radical (unpaired) electrons. The van der Waals surface area contributed by atoms with Gasteiger partial charge in [-0.15, -0.1) is 0 Å². The van der Waals surface area contributed by atoms with Crippen LogP contribution in [-0.4, -0.2) is 21.2 Å². The number of carbonyl (C=O) groups excluding carboxylic acids is 2. The molecule has 1 aliphatic rings. The van der Waals surface area contributed by atoms with Crippen molar-refractivity contribution in [3.63, 3.8) is 0 Å². The van der Waals surface area contributed by atoms with Gasteiger partial charge in [-0.1, -0.05) is 6.07 Å². The third-order valence-corrected chi connectivity index (χ3v) is 4.00. The normalized spacial score (nSPS) is 17.9. The monoisotopic (exact) mass is 280 g/mol. The van der Waals surface area contributed by atoms with Crippen molar-refractivity contribution < 1.29 is 14.0 Å². The summed E-state index contributed by atoms with van der Waals surface area (Å²) in [5, 5.41) is 4.16. The van der Waals surface area contributed by atoms with E-state index in [-0.39, 0.29) is 11.6 Å². The van der Waals surface area contributed by atoms with Crippen LogP contribution in [0.1, 0.15) is 32.9 Å². The van der Waals surface area contributed by atoms with Crippen LogP contribution in [0.4, 0.5) is 0 Å². The third-order valence-electron chi connectivity index (χ3n) is 4.00. The number of carbonyl (C=O) groups is 2. The van der Waals surface area contributed by atoms with Gasteiger partial charge in [-0.05, 0) is 24.6 Å². The highest BCUT2D eigenvalue weighted by molar-refractivity contribution is 6.18. The number of fused-ring (bicyclic) bond motifs is 2. The number of aromatic nitrogens is 2. The average Bonchev–Trinajstić information content (AvgIpc) is 3.14. The zero-order chi connectivity index (χ0) is 14.4. The molecule has 0 N–H and O–H groups in total. The molecular formula is C16H12N2O3. The van der Waals surface area contributed by atoms with E-state index in [0.717, 1.165) is 5.52 Å². The number of furan rings is 1. The van der Waals surface area contributed by atoms with E-state index in [1.165, 1.54) is 12.5 Å². The van der Waals surface area contributed by atoms with Crippen LogP contribution in [0.2, 0.25) is 0 Å². The summed E-state index contributed by atoms with van der Waals surface area (Å²) in [5.41, 5.74) is 1.77. The lowest BCUT2D eigenvalue weighted by atomic mass is 9.82. The molecule has 3 aromatic heterocycles. The van der Waals surface area contributed by atoms with Gasteiger partial charge in [-0.25, -0.2) is 4.52 Å². The largest absolute Gasteiger partial charge is 0.469 e. The van der Waals surface area contributed by atoms with Crippen molar-refractivity contribution in [2.45, 2.75) is 12.8 Å². The minimum atomic E-state index is -0.636. The number of hydrogen-bond acceptors (Lipinski definition) is 4. The lowest BCUT2D eigenvalue weighted by Gasteiger charge is -2.18. The van der Waals surface area contributed by atoms with E-state index in [9.17, 15) is 9.59 Å². The number of rotatable bonds is 2. The molecule has 104 valence electrons. The summed E-state index contributed by atoms with van der Waals surface area (Å²) >= 11 is 0. The number of Topliss-reactive ketones (excluding diaryl/α,β-unsaturated/α-hetero) is 2. The lowest BCUT2D eigenvalue weighted by Crippen LogP contribution is -2.28. The maximum absolute atomic E-state index is 12.7. The van der Waals surface area contributed by atoms with Gasteiger partial charge in [0.2, 0.25) is 0 Å². The zero-order valence-electron chi connectivity index (χ0n) is 11.2. The fraction of sp³-hybridized carbons (Fsp3) is 0.188. The van der Waals surface area contributed by atoms with Crippen molar-refractivity contribution in [3.05, 3.63) is 59.8 Å². The first-order chi connectivity index (χ1) is 10.3. The van der Waals surface area contributed by atoms with Crippen LogP contribution in [-0.2, 0) is 6.42 Å². The predicted octanol–water partition coefficient (Wildman–Crippen LogP) is 2.56. The smallest absolute Gasteiger partial charge is 0.177 e. The Hall–Kier alpha value is -2.69. The summed E-state index contributed by atoms with van der Waals surface area (Å²) in [6, 6.07) is 7.17. The molecule has 1 atom stereocenters. The van der Waals surface area contributed by atoms with E-state index in [2.05, 4.69) is 5.10 Å². The summed E-state index contributed by atoms with van der Waals surface area (Å²) in [4.78, 5) is 25.2. The van der Waals surface area contributed by atoms with Crippen molar-refractivity contribution in [1.82, 2.24) is 9.61 Å². The number of hydrogen-bond donors (Lipinski definition) is 0. The number of nitrogens with zero attached hydrogens (tertiary/aromatic N) is 2. The molecule has 3 heterocycles. The SMILES string of the molecule is O=C1c2ccoc2CCC1C(=O)c1cnn2ccccc12. The molecule has 4 rings (SSSR count). The van der Waals surface area contributed by atoms with Crippen molar-refractivity contribution in [2.24, 2.45) is 5.92 Å². The minimum absolute atomic E-state index is 0.148. The van der Waals surface area contributed by atoms with Gasteiger partial charge in [0.25, 0.3) is 0 Å². The van der Waals surface area contributed by atoms with Gasteiger partial charge in [0.05, 0.1) is 35.0 Å². The van der Waals surface area contributed by atoms with Crippen molar-refractivity contribution in [2.75, 3.05) is 0 Å². The maximum Gasteiger partial charge on any atom is 0.177 e. The van der Waals surface area contributed by atoms with Crippen LogP contribution in [0.5, 0.6) is 0 Å². The zero-order valence-corrected chi connectivity index (χ0v) is 11.2. The molecule has 0 amide bonds. The van der Waals surface area contributed by atoms with Crippen molar-refractivity contribution in [1.29, 1.82) is 0 Å². The Labute approximate surface area is 120 Å². The van der Waals surface area contributed by atoms with E-state index in [1.807, 2.05) is 18.2 Å². The summed E-state index contributed by atoms with van der Waals surface area (Å²) in [6.07, 6.45) is 5.93. The molecule has 3 aromatic rings. The number of aryl methyl sites for hydroxylation is 1. The van der Waals surface area contributed by atoms with E-state index in [4.69, 9.17) is 4.42 Å². The molecule has 0 aliphatic heterocycles. The van der Waals surface area contributed by atoms with E-state index < -0.39 is 5.92 Å². The Bertz CT molecular complexity index is 859. The van der Waals surface area contributed by atoms with Gasteiger partial charge in [0.15, 0.2) is 11.6 Å². The van der Waals surface area contributed by atoms with Crippen LogP contribution >= 0.6 is 0 Å². The molecule has 0 fully saturated rings. The van der Waals surface area contributed by atoms with Gasteiger partial charge in [0.1, 0.15) is 5.76 Å². The molecule has 1 unspecified atom stereocenters. The van der Waals surface area contributed by atoms with Gasteiger partial charge in [-0.3, -0.25) is 9.59 Å². The minimum Gasteiger partial charge on any atom is -0.469 e. The Balaban J connectivity index is 1.74. The second-order valence-corrected chi connectivity index (χ2v) is 5.17. The highest BCUT2D eigenvalue weighted by atomic mass is 16.3. The van der Waals surface area contributed by atoms with Crippen LogP contribution < -0.4 is 0 Å². The summed E-state index contributed by atoms with van der Waals surface area (Å²) in [6.45, 7) is 0. The fourth-order valence-corrected chi connectivity index (χ4v) is 2.91. The van der Waals surface area contributed by atoms with Crippen LogP contribution in [0, 0.1) is 5.92 Å². The van der Waals surface area contributed by atoms with Crippen LogP contribution in [0.15, 0.2) is 47.3 Å². The Kier molecular flexibility index (Phi) is 2.54. The fourth-order valence-electron chi connectivity index (χ4n) is 2.91. The first-order valence-corrected chi connectivity index (χ1v) is 6.83. The number of ketones is 2. The topological polar surface area (TPSA) is 64.6 Å². The van der Waals surface area contributed by atoms with Crippen molar-refractivity contribution >= 4 is 17.1 Å². The quantitative estimate of drug-likeness (QED) is 0.534. The van der Waals surface area contributed by atoms with Gasteiger partial charge in [-0.2, -0.15) is 5.10 Å². The maximum atomic E-state index is 12.7. The van der Waals surface area contributed by atoms with Gasteiger partial charge >= 0.3 is 0 Å². The molecule has 0 aromatic carbocycles. The molecule has 1 aliphatic carbocycles. The first-order valence-electron chi connectivity index (χ1n) is 6.83. The average molecular weight is 280 g/mol. The molecule has 5 heteroatoms. The molecule has 0 saturated heterocycles. The van der Waals surface area contributed by atoms with Gasteiger partial charge < -0.3 is 4.42 Å². The highest BCUT2D eigenvalue weighted by Gasteiger charge is 2.35. The van der Waals surface area contributed by atoms with E-state index in [0.29, 0.717) is 29.7 Å². The molecule has 0 saturated carbocycles. The van der Waals surface area contributed by atoms with Crippen molar-refractivity contribution in [3.8, 4) is 0 Å². The second-order valence-electron chi connectivity index (χ2n) is 5.17. The summed E-state index contributed by atoms with van der Waals surface area (Å²) < 4.78 is 6.91. The highest BCUT2D eigenvalue weighted by Crippen LogP contribution is 2.29. The Morgan fingerprint density at radius 2 is 2.24 bits per heavy atom. The second kappa shape index (κ2) is 4.41. The van der Waals surface area contributed by atoms with E-state index >= 15 is 0 Å². The van der Waals surface area contributed by atoms with E-state index in [1.54, 1.807) is 16.8 Å². The third kappa shape index (κ3) is 1.74. The molecule has 0 bridgehead atoms. The Morgan fingerprint density at radius 1 is 1.33 bits per heavy atom. The summed E-state index contributed by atoms with van der Waals surface area (Å²) in [5.74, 6) is -0.259. The standard InChI is InChI=1S/C16H12N2O3/c19-15-10-6-8-21-14(10)5-4-11(15)16(20)12-9-17-18-7-2-1-3-13(12)18/h1-3,6-9,11H,4-5H2.